The molecule has 0 atom stereocenters. The molecule has 18 heavy (non-hydrogen) atoms. The summed E-state index contributed by atoms with van der Waals surface area (Å²) in [5.41, 5.74) is -0.963. The van der Waals surface area contributed by atoms with Gasteiger partial charge in [-0.2, -0.15) is 5.10 Å². The molecule has 96 valence electrons. The predicted molar refractivity (Wildman–Crippen MR) is 54.2 cm³/mol. The zero-order valence-corrected chi connectivity index (χ0v) is 9.29. The molecule has 0 saturated heterocycles. The molecule has 0 unspecified atom stereocenters. The number of hydrogen-bond acceptors (Lipinski definition) is 4. The van der Waals surface area contributed by atoms with Gasteiger partial charge in [0, 0.05) is 13.2 Å². The SMILES string of the molecule is Cn1ccc(Cn2nnc(C(=O)O)c2C(F)F)n1. The summed E-state index contributed by atoms with van der Waals surface area (Å²) in [6.45, 7) is -0.0548. The summed E-state index contributed by atoms with van der Waals surface area (Å²) >= 11 is 0. The smallest absolute Gasteiger partial charge is 0.358 e. The van der Waals surface area contributed by atoms with E-state index in [-0.39, 0.29) is 6.54 Å². The Balaban J connectivity index is 2.36. The molecule has 2 heterocycles. The van der Waals surface area contributed by atoms with Crippen molar-refractivity contribution in [3.05, 3.63) is 29.3 Å². The van der Waals surface area contributed by atoms with Crippen molar-refractivity contribution in [1.29, 1.82) is 0 Å². The van der Waals surface area contributed by atoms with Crippen LogP contribution in [0.25, 0.3) is 0 Å². The highest BCUT2D eigenvalue weighted by Crippen LogP contribution is 2.21. The number of carboxylic acid groups (broad SMARTS) is 1. The minimum Gasteiger partial charge on any atom is -0.476 e. The van der Waals surface area contributed by atoms with E-state index in [0.717, 1.165) is 4.68 Å². The highest BCUT2D eigenvalue weighted by molar-refractivity contribution is 5.86. The summed E-state index contributed by atoms with van der Waals surface area (Å²) in [4.78, 5) is 10.7. The van der Waals surface area contributed by atoms with Gasteiger partial charge in [-0.25, -0.2) is 18.3 Å². The van der Waals surface area contributed by atoms with Crippen molar-refractivity contribution in [3.63, 3.8) is 0 Å². The lowest BCUT2D eigenvalue weighted by Gasteiger charge is -2.03. The lowest BCUT2D eigenvalue weighted by molar-refractivity contribution is 0.0675. The minimum atomic E-state index is -2.96. The van der Waals surface area contributed by atoms with Crippen LogP contribution in [-0.4, -0.2) is 35.9 Å². The molecule has 2 rings (SSSR count). The Kier molecular flexibility index (Phi) is 3.04. The van der Waals surface area contributed by atoms with Crippen LogP contribution in [0.2, 0.25) is 0 Å². The first-order valence-electron chi connectivity index (χ1n) is 4.92. The number of aryl methyl sites for hydroxylation is 1. The molecule has 2 aromatic heterocycles. The van der Waals surface area contributed by atoms with Crippen LogP contribution in [0.1, 0.15) is 28.3 Å². The molecule has 7 nitrogen and oxygen atoms in total. The van der Waals surface area contributed by atoms with E-state index in [1.165, 1.54) is 4.68 Å². The summed E-state index contributed by atoms with van der Waals surface area (Å²) in [5.74, 6) is -1.53. The zero-order chi connectivity index (χ0) is 13.3. The predicted octanol–water partition coefficient (Wildman–Crippen LogP) is 0.696. The molecular formula is C9H9F2N5O2. The molecule has 1 N–H and O–H groups in total. The summed E-state index contributed by atoms with van der Waals surface area (Å²) in [6, 6.07) is 1.62. The van der Waals surface area contributed by atoms with Crippen molar-refractivity contribution in [3.8, 4) is 0 Å². The third kappa shape index (κ3) is 2.19. The van der Waals surface area contributed by atoms with E-state index in [1.807, 2.05) is 0 Å². The molecule has 9 heteroatoms. The van der Waals surface area contributed by atoms with Crippen LogP contribution >= 0.6 is 0 Å². The molecular weight excluding hydrogens is 248 g/mol. The van der Waals surface area contributed by atoms with Crippen LogP contribution in [0.15, 0.2) is 12.3 Å². The van der Waals surface area contributed by atoms with Gasteiger partial charge >= 0.3 is 5.97 Å². The fraction of sp³-hybridized carbons (Fsp3) is 0.333. The van der Waals surface area contributed by atoms with E-state index in [1.54, 1.807) is 19.3 Å². The van der Waals surface area contributed by atoms with Gasteiger partial charge in [-0.3, -0.25) is 4.68 Å². The molecule has 0 aliphatic rings. The molecule has 0 spiro atoms. The first kappa shape index (κ1) is 12.1. The number of nitrogens with zero attached hydrogens (tertiary/aromatic N) is 5. The van der Waals surface area contributed by atoms with Crippen LogP contribution < -0.4 is 0 Å². The summed E-state index contributed by atoms with van der Waals surface area (Å²) in [6.07, 6.45) is -1.32. The Morgan fingerprint density at radius 2 is 2.28 bits per heavy atom. The molecule has 0 aromatic carbocycles. The standard InChI is InChI=1S/C9H9F2N5O2/c1-15-3-2-5(13-15)4-16-7(8(10)11)6(9(17)18)12-14-16/h2-3,8H,4H2,1H3,(H,17,18). The number of halogens is 2. The number of aromatic carboxylic acids is 1. The number of rotatable bonds is 4. The maximum atomic E-state index is 12.8. The fourth-order valence-electron chi connectivity index (χ4n) is 1.51. The van der Waals surface area contributed by atoms with Gasteiger partial charge in [0.2, 0.25) is 0 Å². The van der Waals surface area contributed by atoms with Crippen molar-refractivity contribution in [2.24, 2.45) is 7.05 Å². The molecule has 0 aliphatic carbocycles. The average molecular weight is 257 g/mol. The monoisotopic (exact) mass is 257 g/mol. The molecule has 0 radical (unpaired) electrons. The molecule has 0 fully saturated rings. The maximum Gasteiger partial charge on any atom is 0.358 e. The Labute approximate surface area is 99.6 Å². The van der Waals surface area contributed by atoms with Gasteiger partial charge in [-0.15, -0.1) is 5.10 Å². The van der Waals surface area contributed by atoms with E-state index in [9.17, 15) is 13.6 Å². The van der Waals surface area contributed by atoms with Gasteiger partial charge in [0.05, 0.1) is 12.2 Å². The van der Waals surface area contributed by atoms with E-state index in [0.29, 0.717) is 5.69 Å². The maximum absolute atomic E-state index is 12.8. The Hall–Kier alpha value is -2.32. The second-order valence-electron chi connectivity index (χ2n) is 3.57. The topological polar surface area (TPSA) is 85.8 Å². The minimum absolute atomic E-state index is 0.0548. The first-order valence-corrected chi connectivity index (χ1v) is 4.92. The normalized spacial score (nSPS) is 11.1. The Bertz CT molecular complexity index is 577. The van der Waals surface area contributed by atoms with Crippen LogP contribution in [0.5, 0.6) is 0 Å². The fourth-order valence-corrected chi connectivity index (χ4v) is 1.51. The second-order valence-corrected chi connectivity index (χ2v) is 3.57. The van der Waals surface area contributed by atoms with Crippen LogP contribution in [0, 0.1) is 0 Å². The number of hydrogen-bond donors (Lipinski definition) is 1. The second kappa shape index (κ2) is 4.51. The van der Waals surface area contributed by atoms with Crippen molar-refractivity contribution < 1.29 is 18.7 Å². The van der Waals surface area contributed by atoms with Crippen molar-refractivity contribution in [1.82, 2.24) is 24.8 Å². The Morgan fingerprint density at radius 3 is 2.78 bits per heavy atom. The van der Waals surface area contributed by atoms with Crippen molar-refractivity contribution in [2.75, 3.05) is 0 Å². The van der Waals surface area contributed by atoms with E-state index < -0.39 is 23.8 Å². The number of aromatic nitrogens is 5. The lowest BCUT2D eigenvalue weighted by Crippen LogP contribution is -2.10. The largest absolute Gasteiger partial charge is 0.476 e. The quantitative estimate of drug-likeness (QED) is 0.871. The van der Waals surface area contributed by atoms with Gasteiger partial charge in [0.15, 0.2) is 5.69 Å². The highest BCUT2D eigenvalue weighted by Gasteiger charge is 2.26. The van der Waals surface area contributed by atoms with E-state index >= 15 is 0 Å². The number of carboxylic acids is 1. The van der Waals surface area contributed by atoms with Crippen molar-refractivity contribution >= 4 is 5.97 Å². The van der Waals surface area contributed by atoms with Crippen LogP contribution in [0.4, 0.5) is 8.78 Å². The van der Waals surface area contributed by atoms with E-state index in [4.69, 9.17) is 5.11 Å². The summed E-state index contributed by atoms with van der Waals surface area (Å²) in [5, 5.41) is 19.4. The average Bonchev–Trinajstić information content (AvgIpc) is 2.85. The third-order valence-corrected chi connectivity index (χ3v) is 2.26. The van der Waals surface area contributed by atoms with Gasteiger partial charge < -0.3 is 5.11 Å². The van der Waals surface area contributed by atoms with Crippen LogP contribution in [-0.2, 0) is 13.6 Å². The molecule has 0 amide bonds. The number of carbonyl (C=O) groups is 1. The van der Waals surface area contributed by atoms with Gasteiger partial charge in [-0.05, 0) is 6.07 Å². The molecule has 0 bridgehead atoms. The van der Waals surface area contributed by atoms with Gasteiger partial charge in [0.25, 0.3) is 6.43 Å². The van der Waals surface area contributed by atoms with E-state index in [2.05, 4.69) is 15.4 Å². The first-order chi connectivity index (χ1) is 8.49. The van der Waals surface area contributed by atoms with Crippen LogP contribution in [0.3, 0.4) is 0 Å². The zero-order valence-electron chi connectivity index (χ0n) is 9.29. The molecule has 0 saturated carbocycles. The lowest BCUT2D eigenvalue weighted by atomic mass is 10.3. The molecule has 2 aromatic rings. The highest BCUT2D eigenvalue weighted by atomic mass is 19.3. The van der Waals surface area contributed by atoms with Crippen molar-refractivity contribution in [2.45, 2.75) is 13.0 Å². The molecule has 0 aliphatic heterocycles. The number of alkyl halides is 2. The summed E-state index contributed by atoms with van der Waals surface area (Å²) in [7, 11) is 1.68. The van der Waals surface area contributed by atoms with Gasteiger partial charge in [0.1, 0.15) is 5.69 Å². The van der Waals surface area contributed by atoms with Gasteiger partial charge in [-0.1, -0.05) is 5.21 Å². The Morgan fingerprint density at radius 1 is 1.56 bits per heavy atom. The third-order valence-electron chi connectivity index (χ3n) is 2.26. The summed E-state index contributed by atoms with van der Waals surface area (Å²) < 4.78 is 27.9.